The average molecular weight is 336 g/mol. The quantitative estimate of drug-likeness (QED) is 0.501. The van der Waals surface area contributed by atoms with E-state index in [1.807, 2.05) is 12.1 Å². The molecule has 1 aromatic rings. The van der Waals surface area contributed by atoms with Crippen LogP contribution in [-0.2, 0) is 0 Å². The van der Waals surface area contributed by atoms with Gasteiger partial charge in [0.2, 0.25) is 0 Å². The van der Waals surface area contributed by atoms with Gasteiger partial charge in [0.25, 0.3) is 0 Å². The number of rotatable bonds is 3. The number of aromatic nitrogens is 1. The highest BCUT2D eigenvalue weighted by Gasteiger charge is 2.08. The third-order valence-electron chi connectivity index (χ3n) is 1.87. The molecule has 15 heavy (non-hydrogen) atoms. The summed E-state index contributed by atoms with van der Waals surface area (Å²) in [5.74, 6) is 5.64. The molecule has 0 unspecified atom stereocenters. The van der Waals surface area contributed by atoms with E-state index in [-0.39, 0.29) is 0 Å². The molecule has 0 atom stereocenters. The van der Waals surface area contributed by atoms with E-state index in [9.17, 15) is 0 Å². The third-order valence-corrected chi connectivity index (χ3v) is 2.87. The van der Waals surface area contributed by atoms with E-state index in [4.69, 9.17) is 11.6 Å². The first-order valence-electron chi connectivity index (χ1n) is 4.21. The Morgan fingerprint density at radius 1 is 1.53 bits per heavy atom. The zero-order chi connectivity index (χ0) is 11.4. The van der Waals surface area contributed by atoms with Gasteiger partial charge in [-0.15, -0.1) is 0 Å². The predicted octanol–water partition coefficient (Wildman–Crippen LogP) is 1.67. The monoisotopic (exact) mass is 334 g/mol. The second-order valence-electron chi connectivity index (χ2n) is 2.97. The minimum absolute atomic E-state index is 0.573. The Morgan fingerprint density at radius 3 is 2.60 bits per heavy atom. The maximum atomic E-state index is 5.95. The van der Waals surface area contributed by atoms with E-state index in [1.165, 1.54) is 5.01 Å². The highest BCUT2D eigenvalue weighted by Crippen LogP contribution is 2.16. The molecular weight excluding hydrogens is 324 g/mol. The molecule has 1 aromatic heterocycles. The van der Waals surface area contributed by atoms with Crippen LogP contribution in [0, 0.1) is 0 Å². The Kier molecular flexibility index (Phi) is 4.56. The fourth-order valence-corrected chi connectivity index (χ4v) is 1.97. The second-order valence-corrected chi connectivity index (χ2v) is 4.44. The lowest BCUT2D eigenvalue weighted by Gasteiger charge is -2.17. The van der Waals surface area contributed by atoms with Gasteiger partial charge in [-0.25, -0.2) is 5.84 Å². The Labute approximate surface area is 106 Å². The Bertz CT molecular complexity index is 359. The number of pyridine rings is 1. The normalized spacial score (nSPS) is 12.3. The van der Waals surface area contributed by atoms with Crippen molar-refractivity contribution in [2.24, 2.45) is 11.6 Å². The zero-order valence-corrected chi connectivity index (χ0v) is 11.4. The molecule has 0 fully saturated rings. The van der Waals surface area contributed by atoms with E-state index < -0.39 is 0 Å². The van der Waals surface area contributed by atoms with Crippen molar-refractivity contribution >= 4 is 37.6 Å². The van der Waals surface area contributed by atoms with Crippen LogP contribution in [0.3, 0.4) is 0 Å². The molecule has 1 rings (SSSR count). The van der Waals surface area contributed by atoms with Gasteiger partial charge in [0.05, 0.1) is 17.1 Å². The van der Waals surface area contributed by atoms with Gasteiger partial charge in [0.1, 0.15) is 0 Å². The molecule has 0 aliphatic carbocycles. The number of hydrazine groups is 1. The summed E-state index contributed by atoms with van der Waals surface area (Å²) in [6.07, 6.45) is 1.70. The van der Waals surface area contributed by atoms with Crippen LogP contribution in [0.2, 0.25) is 0 Å². The van der Waals surface area contributed by atoms with Crippen molar-refractivity contribution < 1.29 is 0 Å². The van der Waals surface area contributed by atoms with Gasteiger partial charge in [-0.2, -0.15) is 0 Å². The van der Waals surface area contributed by atoms with Crippen molar-refractivity contribution in [3.8, 4) is 0 Å². The molecule has 0 spiro atoms. The first kappa shape index (κ1) is 12.5. The Morgan fingerprint density at radius 2 is 2.20 bits per heavy atom. The molecule has 0 aromatic carbocycles. The summed E-state index contributed by atoms with van der Waals surface area (Å²) in [7, 11) is 1.74. The second kappa shape index (κ2) is 5.48. The maximum Gasteiger partial charge on any atom is 0.0878 e. The van der Waals surface area contributed by atoms with Crippen LogP contribution in [0.4, 0.5) is 0 Å². The van der Waals surface area contributed by atoms with Crippen molar-refractivity contribution in [3.63, 3.8) is 0 Å². The Hall–Kier alpha value is -0.590. The fourth-order valence-electron chi connectivity index (χ4n) is 1.04. The highest BCUT2D eigenvalue weighted by molar-refractivity contribution is 9.10. The zero-order valence-electron chi connectivity index (χ0n) is 8.24. The van der Waals surface area contributed by atoms with E-state index in [1.54, 1.807) is 13.2 Å². The first-order valence-corrected chi connectivity index (χ1v) is 6.12. The lowest BCUT2D eigenvalue weighted by Crippen LogP contribution is -2.28. The maximum absolute atomic E-state index is 5.95. The van der Waals surface area contributed by atoms with E-state index in [2.05, 4.69) is 36.8 Å². The Balaban J connectivity index is 3.10. The molecule has 0 saturated heterocycles. The molecule has 0 amide bonds. The van der Waals surface area contributed by atoms with Gasteiger partial charge in [0, 0.05) is 23.0 Å². The molecule has 1 heterocycles. The minimum atomic E-state index is 0.573. The van der Waals surface area contributed by atoms with Gasteiger partial charge in [0.15, 0.2) is 0 Å². The fraction of sp³-hybridized carbons (Fsp3) is 0.222. The van der Waals surface area contributed by atoms with Gasteiger partial charge in [-0.3, -0.25) is 4.98 Å². The van der Waals surface area contributed by atoms with Crippen LogP contribution in [0.15, 0.2) is 28.5 Å². The first-order chi connectivity index (χ1) is 7.06. The summed E-state index contributed by atoms with van der Waals surface area (Å²) in [6.45, 7) is 0. The van der Waals surface area contributed by atoms with Gasteiger partial charge in [-0.1, -0.05) is 15.9 Å². The average Bonchev–Trinajstić information content (AvgIpc) is 2.19. The third kappa shape index (κ3) is 3.19. The number of alkyl halides is 1. The van der Waals surface area contributed by atoms with Crippen molar-refractivity contribution in [2.75, 3.05) is 12.4 Å². The van der Waals surface area contributed by atoms with Crippen LogP contribution >= 0.6 is 31.9 Å². The smallest absolute Gasteiger partial charge is 0.0878 e. The summed E-state index contributed by atoms with van der Waals surface area (Å²) < 4.78 is 0.917. The number of nitrogens with zero attached hydrogens (tertiary/aromatic N) is 2. The molecule has 0 aliphatic heterocycles. The molecule has 6 heteroatoms. The molecule has 82 valence electrons. The molecule has 0 saturated carbocycles. The molecule has 4 N–H and O–H groups in total. The van der Waals surface area contributed by atoms with Gasteiger partial charge < -0.3 is 10.7 Å². The van der Waals surface area contributed by atoms with Crippen molar-refractivity contribution in [3.05, 3.63) is 34.2 Å². The molecule has 0 bridgehead atoms. The summed E-state index contributed by atoms with van der Waals surface area (Å²) >= 11 is 6.65. The van der Waals surface area contributed by atoms with Crippen LogP contribution in [0.25, 0.3) is 5.70 Å². The van der Waals surface area contributed by atoms with Gasteiger partial charge in [-0.05, 0) is 28.1 Å². The molecule has 4 nitrogen and oxygen atoms in total. The summed E-state index contributed by atoms with van der Waals surface area (Å²) in [4.78, 5) is 4.20. The predicted molar refractivity (Wildman–Crippen MR) is 68.8 cm³/mol. The summed E-state index contributed by atoms with van der Waals surface area (Å²) in [5.41, 5.74) is 8.03. The number of allylic oxidation sites excluding steroid dienone is 1. The molecule has 0 radical (unpaired) electrons. The van der Waals surface area contributed by atoms with Crippen LogP contribution in [0.5, 0.6) is 0 Å². The number of halogens is 2. The lowest BCUT2D eigenvalue weighted by molar-refractivity contribution is 0.446. The largest absolute Gasteiger partial charge is 0.395 e. The SMILES string of the molecule is CN(N)/C(CBr)=C(\N)c1ccc(Br)cn1. The van der Waals surface area contributed by atoms with Crippen molar-refractivity contribution in [2.45, 2.75) is 0 Å². The highest BCUT2D eigenvalue weighted by atomic mass is 79.9. The topological polar surface area (TPSA) is 68.2 Å². The van der Waals surface area contributed by atoms with E-state index in [0.29, 0.717) is 16.7 Å². The number of nitrogens with two attached hydrogens (primary N) is 2. The van der Waals surface area contributed by atoms with Crippen LogP contribution in [-0.4, -0.2) is 22.4 Å². The number of hydrogen-bond donors (Lipinski definition) is 2. The van der Waals surface area contributed by atoms with Crippen LogP contribution in [0.1, 0.15) is 5.69 Å². The van der Waals surface area contributed by atoms with Crippen molar-refractivity contribution in [1.82, 2.24) is 9.99 Å². The minimum Gasteiger partial charge on any atom is -0.395 e. The van der Waals surface area contributed by atoms with Crippen molar-refractivity contribution in [1.29, 1.82) is 0 Å². The standard InChI is InChI=1S/C9H12Br2N4/c1-15(13)8(4-10)9(12)7-3-2-6(11)5-14-7/h2-3,5H,4,12-13H2,1H3/b9-8-. The summed E-state index contributed by atoms with van der Waals surface area (Å²) in [6, 6.07) is 3.73. The summed E-state index contributed by atoms with van der Waals surface area (Å²) in [5, 5.41) is 2.07. The lowest BCUT2D eigenvalue weighted by atomic mass is 10.2. The van der Waals surface area contributed by atoms with E-state index in [0.717, 1.165) is 10.2 Å². The van der Waals surface area contributed by atoms with Gasteiger partial charge >= 0.3 is 0 Å². The number of hydrogen-bond acceptors (Lipinski definition) is 4. The molecular formula is C9H12Br2N4. The van der Waals surface area contributed by atoms with Crippen LogP contribution < -0.4 is 11.6 Å². The molecule has 0 aliphatic rings. The van der Waals surface area contributed by atoms with E-state index >= 15 is 0 Å².